The van der Waals surface area contributed by atoms with Gasteiger partial charge in [0.1, 0.15) is 0 Å². The number of aliphatic hydroxyl groups excluding tert-OH is 1. The van der Waals surface area contributed by atoms with E-state index in [0.29, 0.717) is 18.6 Å². The Labute approximate surface area is 140 Å². The van der Waals surface area contributed by atoms with E-state index in [0.717, 1.165) is 39.0 Å². The zero-order valence-corrected chi connectivity index (χ0v) is 14.8. The second-order valence-electron chi connectivity index (χ2n) is 6.96. The van der Waals surface area contributed by atoms with Crippen molar-refractivity contribution in [2.45, 2.75) is 51.3 Å². The predicted molar refractivity (Wildman–Crippen MR) is 94.7 cm³/mol. The highest BCUT2D eigenvalue weighted by atomic mass is 16.5. The summed E-state index contributed by atoms with van der Waals surface area (Å²) in [5, 5.41) is 13.5. The molecule has 2 N–H and O–H groups in total. The van der Waals surface area contributed by atoms with Gasteiger partial charge in [0.2, 0.25) is 0 Å². The van der Waals surface area contributed by atoms with Crippen molar-refractivity contribution < 1.29 is 9.84 Å². The fourth-order valence-corrected chi connectivity index (χ4v) is 3.15. The zero-order chi connectivity index (χ0) is 16.7. The molecule has 1 saturated heterocycles. The lowest BCUT2D eigenvalue weighted by molar-refractivity contribution is 0.0310. The number of ether oxygens (including phenoxy) is 1. The number of aliphatic hydroxyl groups is 1. The Bertz CT molecular complexity index is 439. The van der Waals surface area contributed by atoms with Crippen molar-refractivity contribution in [2.24, 2.45) is 0 Å². The first-order chi connectivity index (χ1) is 11.1. The summed E-state index contributed by atoms with van der Waals surface area (Å²) in [6, 6.07) is 9.52. The number of β-amino-alcohol motifs (C(OH)–C–C–N with tert-alkyl or cyclic N) is 1. The summed E-state index contributed by atoms with van der Waals surface area (Å²) in [4.78, 5) is 2.33. The highest BCUT2D eigenvalue weighted by Gasteiger charge is 2.20. The fraction of sp³-hybridized carbons (Fsp3) is 0.684. The van der Waals surface area contributed by atoms with E-state index in [1.807, 2.05) is 0 Å². The number of likely N-dealkylation sites (tertiary alicyclic amines) is 1. The van der Waals surface area contributed by atoms with Crippen molar-refractivity contribution in [3.8, 4) is 0 Å². The van der Waals surface area contributed by atoms with Crippen LogP contribution in [0.5, 0.6) is 0 Å². The van der Waals surface area contributed by atoms with E-state index in [-0.39, 0.29) is 6.10 Å². The van der Waals surface area contributed by atoms with Crippen LogP contribution in [0.15, 0.2) is 24.3 Å². The number of rotatable bonds is 8. The molecule has 0 radical (unpaired) electrons. The third kappa shape index (κ3) is 6.22. The Kier molecular flexibility index (Phi) is 7.50. The van der Waals surface area contributed by atoms with Gasteiger partial charge in [-0.15, -0.1) is 0 Å². The normalized spacial score (nSPS) is 18.5. The van der Waals surface area contributed by atoms with Crippen LogP contribution in [-0.2, 0) is 11.3 Å². The van der Waals surface area contributed by atoms with Crippen LogP contribution in [0.3, 0.4) is 0 Å². The topological polar surface area (TPSA) is 44.7 Å². The Morgan fingerprint density at radius 1 is 1.22 bits per heavy atom. The van der Waals surface area contributed by atoms with Gasteiger partial charge in [-0.1, -0.05) is 38.1 Å². The molecule has 0 saturated carbocycles. The van der Waals surface area contributed by atoms with Crippen molar-refractivity contribution in [2.75, 3.05) is 33.4 Å². The maximum Gasteiger partial charge on any atom is 0.0900 e. The van der Waals surface area contributed by atoms with Crippen LogP contribution in [0.25, 0.3) is 0 Å². The molecule has 4 heteroatoms. The second-order valence-corrected chi connectivity index (χ2v) is 6.96. The molecule has 1 aliphatic rings. The minimum absolute atomic E-state index is 0.371. The van der Waals surface area contributed by atoms with Gasteiger partial charge in [-0.2, -0.15) is 0 Å². The van der Waals surface area contributed by atoms with Crippen LogP contribution in [-0.4, -0.2) is 55.5 Å². The van der Waals surface area contributed by atoms with E-state index < -0.39 is 0 Å². The molecule has 1 aliphatic heterocycles. The first-order valence-corrected chi connectivity index (χ1v) is 8.80. The maximum absolute atomic E-state index is 9.80. The van der Waals surface area contributed by atoms with E-state index in [2.05, 4.69) is 48.3 Å². The van der Waals surface area contributed by atoms with Crippen molar-refractivity contribution in [1.82, 2.24) is 10.2 Å². The summed E-state index contributed by atoms with van der Waals surface area (Å²) in [6.45, 7) is 8.63. The van der Waals surface area contributed by atoms with Gasteiger partial charge in [-0.3, -0.25) is 0 Å². The number of hydrogen-bond donors (Lipinski definition) is 2. The summed E-state index contributed by atoms with van der Waals surface area (Å²) in [5.41, 5.74) is 2.75. The molecule has 1 atom stereocenters. The van der Waals surface area contributed by atoms with Crippen molar-refractivity contribution >= 4 is 0 Å². The van der Waals surface area contributed by atoms with Gasteiger partial charge in [-0.05, 0) is 43.0 Å². The number of benzene rings is 1. The molecule has 23 heavy (non-hydrogen) atoms. The van der Waals surface area contributed by atoms with Gasteiger partial charge in [0.25, 0.3) is 0 Å². The number of nitrogens with zero attached hydrogens (tertiary/aromatic N) is 1. The third-order valence-electron chi connectivity index (χ3n) is 4.66. The molecule has 0 spiro atoms. The summed E-state index contributed by atoms with van der Waals surface area (Å²) in [7, 11) is 1.63. The summed E-state index contributed by atoms with van der Waals surface area (Å²) in [6.07, 6.45) is 1.91. The standard InChI is InChI=1S/C19H32N2O2/c1-15(2)17-6-4-16(5-7-17)12-20-18-8-10-21(11-9-18)13-19(22)14-23-3/h4-7,15,18-20,22H,8-14H2,1-3H3. The average Bonchev–Trinajstić information content (AvgIpc) is 2.55. The molecule has 1 unspecified atom stereocenters. The monoisotopic (exact) mass is 320 g/mol. The van der Waals surface area contributed by atoms with Crippen molar-refractivity contribution in [3.63, 3.8) is 0 Å². The molecule has 0 bridgehead atoms. The zero-order valence-electron chi connectivity index (χ0n) is 14.8. The largest absolute Gasteiger partial charge is 0.389 e. The highest BCUT2D eigenvalue weighted by molar-refractivity contribution is 5.24. The van der Waals surface area contributed by atoms with Crippen LogP contribution in [0.1, 0.15) is 43.7 Å². The Morgan fingerprint density at radius 3 is 2.43 bits per heavy atom. The fourth-order valence-electron chi connectivity index (χ4n) is 3.15. The molecule has 0 aliphatic carbocycles. The SMILES string of the molecule is COCC(O)CN1CCC(NCc2ccc(C(C)C)cc2)CC1. The highest BCUT2D eigenvalue weighted by Crippen LogP contribution is 2.16. The van der Waals surface area contributed by atoms with Crippen LogP contribution in [0, 0.1) is 0 Å². The molecule has 2 rings (SSSR count). The van der Waals surface area contributed by atoms with E-state index in [9.17, 15) is 5.11 Å². The Morgan fingerprint density at radius 2 is 1.87 bits per heavy atom. The minimum Gasteiger partial charge on any atom is -0.389 e. The number of piperidine rings is 1. The van der Waals surface area contributed by atoms with E-state index in [1.54, 1.807) is 7.11 Å². The van der Waals surface area contributed by atoms with Gasteiger partial charge in [0, 0.05) is 26.2 Å². The lowest BCUT2D eigenvalue weighted by Crippen LogP contribution is -2.45. The Balaban J connectivity index is 1.68. The smallest absolute Gasteiger partial charge is 0.0900 e. The lowest BCUT2D eigenvalue weighted by atomic mass is 10.0. The average molecular weight is 320 g/mol. The van der Waals surface area contributed by atoms with Gasteiger partial charge in [0.15, 0.2) is 0 Å². The van der Waals surface area contributed by atoms with E-state index in [4.69, 9.17) is 4.74 Å². The second kappa shape index (κ2) is 9.38. The molecular weight excluding hydrogens is 288 g/mol. The van der Waals surface area contributed by atoms with Crippen molar-refractivity contribution in [1.29, 1.82) is 0 Å². The quantitative estimate of drug-likeness (QED) is 0.772. The molecule has 1 fully saturated rings. The van der Waals surface area contributed by atoms with E-state index >= 15 is 0 Å². The van der Waals surface area contributed by atoms with Crippen LogP contribution in [0.4, 0.5) is 0 Å². The van der Waals surface area contributed by atoms with Gasteiger partial charge < -0.3 is 20.1 Å². The van der Waals surface area contributed by atoms with Crippen LogP contribution in [0.2, 0.25) is 0 Å². The molecule has 4 nitrogen and oxygen atoms in total. The minimum atomic E-state index is -0.371. The molecule has 1 aromatic rings. The summed E-state index contributed by atoms with van der Waals surface area (Å²) < 4.78 is 4.99. The Hall–Kier alpha value is -0.940. The van der Waals surface area contributed by atoms with Gasteiger partial charge >= 0.3 is 0 Å². The molecular formula is C19H32N2O2. The molecule has 1 aromatic carbocycles. The number of nitrogens with one attached hydrogen (secondary N) is 1. The van der Waals surface area contributed by atoms with Crippen molar-refractivity contribution in [3.05, 3.63) is 35.4 Å². The van der Waals surface area contributed by atoms with E-state index in [1.165, 1.54) is 11.1 Å². The van der Waals surface area contributed by atoms with Gasteiger partial charge in [0.05, 0.1) is 12.7 Å². The molecule has 0 aromatic heterocycles. The number of hydrogen-bond acceptors (Lipinski definition) is 4. The first-order valence-electron chi connectivity index (χ1n) is 8.80. The lowest BCUT2D eigenvalue weighted by Gasteiger charge is -2.33. The van der Waals surface area contributed by atoms with Crippen LogP contribution < -0.4 is 5.32 Å². The predicted octanol–water partition coefficient (Wildman–Crippen LogP) is 2.37. The summed E-state index contributed by atoms with van der Waals surface area (Å²) in [5.74, 6) is 0.592. The first kappa shape index (κ1) is 18.4. The molecule has 1 heterocycles. The third-order valence-corrected chi connectivity index (χ3v) is 4.66. The van der Waals surface area contributed by atoms with Crippen LogP contribution >= 0.6 is 0 Å². The summed E-state index contributed by atoms with van der Waals surface area (Å²) >= 11 is 0. The maximum atomic E-state index is 9.80. The molecule has 130 valence electrons. The number of methoxy groups -OCH3 is 1. The molecule has 0 amide bonds. The van der Waals surface area contributed by atoms with Gasteiger partial charge in [-0.25, -0.2) is 0 Å².